The largest absolute Gasteiger partial charge is 0.494 e. The van der Waals surface area contributed by atoms with Gasteiger partial charge in [-0.05, 0) is 41.5 Å². The number of nitrogens with zero attached hydrogens (tertiary/aromatic N) is 1. The number of nitrogens with two attached hydrogens (primary N) is 1. The lowest BCUT2D eigenvalue weighted by Crippen LogP contribution is -2.10. The Morgan fingerprint density at radius 3 is 2.62 bits per heavy atom. The normalized spacial score (nSPS) is 11.1. The van der Waals surface area contributed by atoms with Crippen LogP contribution in [0.15, 0.2) is 66.9 Å². The minimum absolute atomic E-state index is 0.420. The van der Waals surface area contributed by atoms with E-state index in [-0.39, 0.29) is 0 Å². The molecule has 4 nitrogen and oxygen atoms in total. The maximum absolute atomic E-state index is 11.8. The number of hydrogen-bond acceptors (Lipinski definition) is 2. The first-order valence-corrected chi connectivity index (χ1v) is 8.69. The highest BCUT2D eigenvalue weighted by Gasteiger charge is 2.14. The Morgan fingerprint density at radius 1 is 1.04 bits per heavy atom. The molecule has 26 heavy (non-hydrogen) atoms. The molecule has 4 rings (SSSR count). The van der Waals surface area contributed by atoms with E-state index in [1.54, 1.807) is 0 Å². The van der Waals surface area contributed by atoms with Crippen LogP contribution in [0.1, 0.15) is 22.8 Å². The number of ether oxygens (including phenoxy) is 1. The smallest absolute Gasteiger partial charge is 0.250 e. The third-order valence-corrected chi connectivity index (χ3v) is 4.60. The van der Waals surface area contributed by atoms with Crippen molar-refractivity contribution in [2.24, 2.45) is 5.73 Å². The number of carbonyl (C=O) groups excluding carboxylic acids is 1. The summed E-state index contributed by atoms with van der Waals surface area (Å²) in [5.41, 5.74) is 8.21. The van der Waals surface area contributed by atoms with Gasteiger partial charge in [-0.25, -0.2) is 0 Å². The predicted octanol–water partition coefficient (Wildman–Crippen LogP) is 4.34. The summed E-state index contributed by atoms with van der Waals surface area (Å²) < 4.78 is 7.67. The Balaban J connectivity index is 1.80. The molecule has 4 heteroatoms. The molecule has 1 heterocycles. The van der Waals surface area contributed by atoms with Crippen molar-refractivity contribution in [1.82, 2.24) is 4.57 Å². The lowest BCUT2D eigenvalue weighted by molar-refractivity contribution is 0.100. The van der Waals surface area contributed by atoms with E-state index in [1.807, 2.05) is 43.5 Å². The maximum Gasteiger partial charge on any atom is 0.250 e. The van der Waals surface area contributed by atoms with Crippen molar-refractivity contribution >= 4 is 27.6 Å². The molecule has 1 amide bonds. The summed E-state index contributed by atoms with van der Waals surface area (Å²) in [6.07, 6.45) is 1.83. The zero-order chi connectivity index (χ0) is 18.1. The molecule has 3 aromatic carbocycles. The van der Waals surface area contributed by atoms with Gasteiger partial charge in [0.25, 0.3) is 5.91 Å². The summed E-state index contributed by atoms with van der Waals surface area (Å²) in [5, 5.41) is 3.26. The highest BCUT2D eigenvalue weighted by atomic mass is 16.5. The van der Waals surface area contributed by atoms with E-state index in [1.165, 1.54) is 16.3 Å². The van der Waals surface area contributed by atoms with Crippen molar-refractivity contribution in [2.75, 3.05) is 6.61 Å². The van der Waals surface area contributed by atoms with Gasteiger partial charge in [-0.1, -0.05) is 36.4 Å². The van der Waals surface area contributed by atoms with E-state index in [0.29, 0.717) is 18.7 Å². The second-order valence-electron chi connectivity index (χ2n) is 6.33. The van der Waals surface area contributed by atoms with Gasteiger partial charge in [0.05, 0.1) is 17.7 Å². The average Bonchev–Trinajstić information content (AvgIpc) is 3.00. The first kappa shape index (κ1) is 16.2. The Labute approximate surface area is 151 Å². The third kappa shape index (κ3) is 2.90. The van der Waals surface area contributed by atoms with Crippen LogP contribution in [0.25, 0.3) is 21.7 Å². The number of amides is 1. The van der Waals surface area contributed by atoms with E-state index < -0.39 is 5.91 Å². The highest BCUT2D eigenvalue weighted by molar-refractivity contribution is 6.06. The van der Waals surface area contributed by atoms with Crippen molar-refractivity contribution in [3.05, 3.63) is 78.0 Å². The topological polar surface area (TPSA) is 57.2 Å². The predicted molar refractivity (Wildman–Crippen MR) is 105 cm³/mol. The average molecular weight is 344 g/mol. The Hall–Kier alpha value is -3.27. The van der Waals surface area contributed by atoms with Gasteiger partial charge in [0.15, 0.2) is 0 Å². The number of primary amides is 1. The summed E-state index contributed by atoms with van der Waals surface area (Å²) >= 11 is 0. The number of benzene rings is 3. The van der Waals surface area contributed by atoms with Crippen LogP contribution >= 0.6 is 0 Å². The molecule has 4 aromatic rings. The van der Waals surface area contributed by atoms with E-state index >= 15 is 0 Å². The van der Waals surface area contributed by atoms with Crippen LogP contribution in [0, 0.1) is 0 Å². The van der Waals surface area contributed by atoms with E-state index in [9.17, 15) is 4.79 Å². The van der Waals surface area contributed by atoms with Crippen LogP contribution in [-0.2, 0) is 6.54 Å². The summed E-state index contributed by atoms with van der Waals surface area (Å²) in [6.45, 7) is 3.21. The molecule has 2 N–H and O–H groups in total. The molecule has 130 valence electrons. The van der Waals surface area contributed by atoms with Crippen molar-refractivity contribution in [1.29, 1.82) is 0 Å². The van der Waals surface area contributed by atoms with Gasteiger partial charge in [0, 0.05) is 24.2 Å². The number of aromatic nitrogens is 1. The molecule has 0 aliphatic heterocycles. The first-order chi connectivity index (χ1) is 12.7. The molecule has 0 atom stereocenters. The lowest BCUT2D eigenvalue weighted by atomic mass is 10.1. The number of carbonyl (C=O) groups is 1. The molecule has 0 spiro atoms. The van der Waals surface area contributed by atoms with Gasteiger partial charge in [0.1, 0.15) is 5.75 Å². The van der Waals surface area contributed by atoms with Gasteiger partial charge < -0.3 is 15.0 Å². The molecule has 0 radical (unpaired) electrons. The van der Waals surface area contributed by atoms with Crippen LogP contribution in [0.3, 0.4) is 0 Å². The van der Waals surface area contributed by atoms with Crippen LogP contribution in [0.5, 0.6) is 5.75 Å². The second kappa shape index (κ2) is 6.56. The molecule has 0 saturated heterocycles. The van der Waals surface area contributed by atoms with Crippen molar-refractivity contribution < 1.29 is 9.53 Å². The molecule has 0 saturated carbocycles. The van der Waals surface area contributed by atoms with Gasteiger partial charge >= 0.3 is 0 Å². The quantitative estimate of drug-likeness (QED) is 0.585. The van der Waals surface area contributed by atoms with E-state index in [2.05, 4.69) is 34.9 Å². The molecule has 0 aliphatic carbocycles. The molecule has 0 aliphatic rings. The molecule has 0 unspecified atom stereocenters. The fourth-order valence-electron chi connectivity index (χ4n) is 3.39. The van der Waals surface area contributed by atoms with Gasteiger partial charge in [-0.2, -0.15) is 0 Å². The Bertz CT molecular complexity index is 1110. The molecular formula is C22H20N2O2. The first-order valence-electron chi connectivity index (χ1n) is 8.69. The summed E-state index contributed by atoms with van der Waals surface area (Å²) in [4.78, 5) is 11.8. The zero-order valence-corrected chi connectivity index (χ0v) is 14.6. The minimum atomic E-state index is -0.420. The molecule has 1 aromatic heterocycles. The minimum Gasteiger partial charge on any atom is -0.494 e. The molecule has 0 bridgehead atoms. The van der Waals surface area contributed by atoms with E-state index in [0.717, 1.165) is 16.7 Å². The van der Waals surface area contributed by atoms with Gasteiger partial charge in [0.2, 0.25) is 0 Å². The molecule has 0 fully saturated rings. The Morgan fingerprint density at radius 2 is 1.85 bits per heavy atom. The SMILES string of the molecule is CCOc1ccc2c(C(N)=O)cn(Cc3ccc4ccccc4c3)c2c1. The number of rotatable bonds is 5. The zero-order valence-electron chi connectivity index (χ0n) is 14.6. The second-order valence-corrected chi connectivity index (χ2v) is 6.33. The summed E-state index contributed by atoms with van der Waals surface area (Å²) in [6, 6.07) is 20.4. The van der Waals surface area contributed by atoms with Crippen molar-refractivity contribution in [3.63, 3.8) is 0 Å². The fraction of sp³-hybridized carbons (Fsp3) is 0.136. The lowest BCUT2D eigenvalue weighted by Gasteiger charge is -2.09. The van der Waals surface area contributed by atoms with Gasteiger partial charge in [-0.15, -0.1) is 0 Å². The number of hydrogen-bond donors (Lipinski definition) is 1. The summed E-state index contributed by atoms with van der Waals surface area (Å²) in [5.74, 6) is 0.366. The van der Waals surface area contributed by atoms with Gasteiger partial charge in [-0.3, -0.25) is 4.79 Å². The van der Waals surface area contributed by atoms with Crippen molar-refractivity contribution in [3.8, 4) is 5.75 Å². The highest BCUT2D eigenvalue weighted by Crippen LogP contribution is 2.27. The standard InChI is InChI=1S/C22H20N2O2/c1-2-26-18-9-10-19-20(22(23)25)14-24(21(19)12-18)13-15-7-8-16-5-3-4-6-17(16)11-15/h3-12,14H,2,13H2,1H3,(H2,23,25). The van der Waals surface area contributed by atoms with Crippen LogP contribution < -0.4 is 10.5 Å². The van der Waals surface area contributed by atoms with Crippen LogP contribution in [0.2, 0.25) is 0 Å². The molecular weight excluding hydrogens is 324 g/mol. The van der Waals surface area contributed by atoms with Crippen LogP contribution in [-0.4, -0.2) is 17.1 Å². The van der Waals surface area contributed by atoms with Crippen molar-refractivity contribution in [2.45, 2.75) is 13.5 Å². The monoisotopic (exact) mass is 344 g/mol. The summed E-state index contributed by atoms with van der Waals surface area (Å²) in [7, 11) is 0. The van der Waals surface area contributed by atoms with Crippen LogP contribution in [0.4, 0.5) is 0 Å². The third-order valence-electron chi connectivity index (χ3n) is 4.60. The maximum atomic E-state index is 11.8. The Kier molecular flexibility index (Phi) is 4.09. The number of fused-ring (bicyclic) bond motifs is 2. The van der Waals surface area contributed by atoms with E-state index in [4.69, 9.17) is 10.5 Å². The fourth-order valence-corrected chi connectivity index (χ4v) is 3.39.